The highest BCUT2D eigenvalue weighted by molar-refractivity contribution is 5.82. The zero-order chi connectivity index (χ0) is 20.4. The number of fused-ring (bicyclic) bond motifs is 1. The molecular weight excluding hydrogens is 368 g/mol. The van der Waals surface area contributed by atoms with Gasteiger partial charge in [0, 0.05) is 44.0 Å². The first-order valence-electron chi connectivity index (χ1n) is 10.2. The maximum absolute atomic E-state index is 13.0. The average molecular weight is 394 g/mol. The number of hydrogen-bond acceptors (Lipinski definition) is 5. The fraction of sp³-hybridized carbons (Fsp3) is 0.409. The third-order valence-electron chi connectivity index (χ3n) is 6.02. The molecule has 2 heterocycles. The Morgan fingerprint density at radius 2 is 1.69 bits per heavy atom. The minimum atomic E-state index is -0.345. The Labute approximate surface area is 170 Å². The minimum Gasteiger partial charge on any atom is -0.362 e. The molecular formula is C22H26N4O3. The van der Waals surface area contributed by atoms with Crippen LogP contribution in [0.4, 0.5) is 17.1 Å². The zero-order valence-corrected chi connectivity index (χ0v) is 16.7. The van der Waals surface area contributed by atoms with Crippen molar-refractivity contribution in [3.8, 4) is 0 Å². The molecule has 0 bridgehead atoms. The van der Waals surface area contributed by atoms with E-state index in [-0.39, 0.29) is 16.5 Å². The standard InChI is InChI=1S/C22H26N4O3/c1-17-10-11-18-6-2-3-7-19(18)25(17)16-22(27)24-14-12-23(13-15-24)20-8-4-5-9-21(20)26(28)29/h2-9,17H,10-16H2,1H3/t17-/m0/s1. The molecule has 0 N–H and O–H groups in total. The lowest BCUT2D eigenvalue weighted by atomic mass is 9.96. The summed E-state index contributed by atoms with van der Waals surface area (Å²) >= 11 is 0. The average Bonchev–Trinajstić information content (AvgIpc) is 2.75. The predicted molar refractivity (Wildman–Crippen MR) is 113 cm³/mol. The van der Waals surface area contributed by atoms with E-state index in [0.29, 0.717) is 44.5 Å². The number of nitro benzene ring substituents is 1. The second-order valence-electron chi connectivity index (χ2n) is 7.76. The number of nitrogens with zero attached hydrogens (tertiary/aromatic N) is 4. The third kappa shape index (κ3) is 3.90. The van der Waals surface area contributed by atoms with Gasteiger partial charge in [0.15, 0.2) is 0 Å². The summed E-state index contributed by atoms with van der Waals surface area (Å²) in [5, 5.41) is 11.3. The lowest BCUT2D eigenvalue weighted by molar-refractivity contribution is -0.384. The van der Waals surface area contributed by atoms with Crippen LogP contribution in [0.25, 0.3) is 0 Å². The molecule has 29 heavy (non-hydrogen) atoms. The van der Waals surface area contributed by atoms with Crippen LogP contribution in [0.3, 0.4) is 0 Å². The SMILES string of the molecule is C[C@H]1CCc2ccccc2N1CC(=O)N1CCN(c2ccccc2[N+](=O)[O-])CC1. The van der Waals surface area contributed by atoms with Crippen molar-refractivity contribution in [1.29, 1.82) is 0 Å². The van der Waals surface area contributed by atoms with Crippen LogP contribution in [0, 0.1) is 10.1 Å². The quantitative estimate of drug-likeness (QED) is 0.589. The van der Waals surface area contributed by atoms with Gasteiger partial charge in [0.1, 0.15) is 5.69 Å². The van der Waals surface area contributed by atoms with E-state index in [2.05, 4.69) is 30.0 Å². The van der Waals surface area contributed by atoms with E-state index in [1.807, 2.05) is 21.9 Å². The molecule has 0 spiro atoms. The van der Waals surface area contributed by atoms with Crippen molar-refractivity contribution >= 4 is 23.0 Å². The van der Waals surface area contributed by atoms with E-state index in [1.165, 1.54) is 11.6 Å². The van der Waals surface area contributed by atoms with Gasteiger partial charge in [-0.15, -0.1) is 0 Å². The van der Waals surface area contributed by atoms with E-state index < -0.39 is 0 Å². The molecule has 1 fully saturated rings. The Morgan fingerprint density at radius 3 is 2.41 bits per heavy atom. The molecule has 7 nitrogen and oxygen atoms in total. The highest BCUT2D eigenvalue weighted by atomic mass is 16.6. The number of benzene rings is 2. The number of carbonyl (C=O) groups is 1. The maximum atomic E-state index is 13.0. The monoisotopic (exact) mass is 394 g/mol. The smallest absolute Gasteiger partial charge is 0.292 e. The van der Waals surface area contributed by atoms with Crippen LogP contribution in [0.1, 0.15) is 18.9 Å². The molecule has 7 heteroatoms. The lowest BCUT2D eigenvalue weighted by Gasteiger charge is -2.40. The summed E-state index contributed by atoms with van der Waals surface area (Å²) in [6.45, 7) is 4.91. The van der Waals surface area contributed by atoms with Crippen LogP contribution in [-0.2, 0) is 11.2 Å². The summed E-state index contributed by atoms with van der Waals surface area (Å²) in [5.41, 5.74) is 3.21. The first-order valence-corrected chi connectivity index (χ1v) is 10.2. The Hall–Kier alpha value is -3.09. The molecule has 2 aliphatic rings. The van der Waals surface area contributed by atoms with Gasteiger partial charge in [-0.3, -0.25) is 14.9 Å². The van der Waals surface area contributed by atoms with E-state index in [1.54, 1.807) is 12.1 Å². The van der Waals surface area contributed by atoms with Crippen LogP contribution in [-0.4, -0.2) is 54.5 Å². The van der Waals surface area contributed by atoms with Crippen molar-refractivity contribution in [3.63, 3.8) is 0 Å². The third-order valence-corrected chi connectivity index (χ3v) is 6.02. The van der Waals surface area contributed by atoms with Crippen molar-refractivity contribution in [2.24, 2.45) is 0 Å². The highest BCUT2D eigenvalue weighted by Crippen LogP contribution is 2.31. The molecule has 152 valence electrons. The molecule has 1 atom stereocenters. The van der Waals surface area contributed by atoms with Crippen molar-refractivity contribution in [2.75, 3.05) is 42.5 Å². The second-order valence-corrected chi connectivity index (χ2v) is 7.76. The van der Waals surface area contributed by atoms with Gasteiger partial charge in [0.25, 0.3) is 5.69 Å². The number of aryl methyl sites for hydroxylation is 1. The van der Waals surface area contributed by atoms with Crippen LogP contribution < -0.4 is 9.80 Å². The normalized spacial score (nSPS) is 19.1. The largest absolute Gasteiger partial charge is 0.362 e. The van der Waals surface area contributed by atoms with Crippen molar-refractivity contribution in [1.82, 2.24) is 4.90 Å². The molecule has 2 aliphatic heterocycles. The number of para-hydroxylation sites is 3. The molecule has 0 aromatic heterocycles. The summed E-state index contributed by atoms with van der Waals surface area (Å²) in [7, 11) is 0. The molecule has 0 aliphatic carbocycles. The van der Waals surface area contributed by atoms with Gasteiger partial charge < -0.3 is 14.7 Å². The van der Waals surface area contributed by atoms with E-state index in [9.17, 15) is 14.9 Å². The Kier molecular flexibility index (Phi) is 5.38. The number of hydrogen-bond donors (Lipinski definition) is 0. The molecule has 0 radical (unpaired) electrons. The number of piperazine rings is 1. The Bertz CT molecular complexity index is 908. The van der Waals surface area contributed by atoms with Gasteiger partial charge in [-0.25, -0.2) is 0 Å². The van der Waals surface area contributed by atoms with E-state index >= 15 is 0 Å². The molecule has 0 saturated carbocycles. The fourth-order valence-electron chi connectivity index (χ4n) is 4.33. The van der Waals surface area contributed by atoms with Crippen molar-refractivity contribution in [3.05, 3.63) is 64.2 Å². The Balaban J connectivity index is 1.41. The maximum Gasteiger partial charge on any atom is 0.292 e. The van der Waals surface area contributed by atoms with Crippen LogP contribution >= 0.6 is 0 Å². The first-order chi connectivity index (χ1) is 14.0. The lowest BCUT2D eigenvalue weighted by Crippen LogP contribution is -2.52. The minimum absolute atomic E-state index is 0.117. The van der Waals surface area contributed by atoms with E-state index in [0.717, 1.165) is 18.5 Å². The zero-order valence-electron chi connectivity index (χ0n) is 16.7. The molecule has 0 unspecified atom stereocenters. The van der Waals surface area contributed by atoms with Crippen molar-refractivity contribution in [2.45, 2.75) is 25.8 Å². The molecule has 1 amide bonds. The van der Waals surface area contributed by atoms with Crippen LogP contribution in [0.5, 0.6) is 0 Å². The molecule has 1 saturated heterocycles. The van der Waals surface area contributed by atoms with Gasteiger partial charge in [-0.05, 0) is 37.5 Å². The topological polar surface area (TPSA) is 69.9 Å². The fourth-order valence-corrected chi connectivity index (χ4v) is 4.33. The number of amides is 1. The molecule has 4 rings (SSSR count). The number of nitro groups is 1. The van der Waals surface area contributed by atoms with E-state index in [4.69, 9.17) is 0 Å². The predicted octanol–water partition coefficient (Wildman–Crippen LogP) is 3.08. The van der Waals surface area contributed by atoms with Gasteiger partial charge in [0.05, 0.1) is 11.5 Å². The van der Waals surface area contributed by atoms with Crippen LogP contribution in [0.15, 0.2) is 48.5 Å². The first kappa shape index (κ1) is 19.2. The summed E-state index contributed by atoms with van der Waals surface area (Å²) in [4.78, 5) is 30.1. The highest BCUT2D eigenvalue weighted by Gasteiger charge is 2.29. The summed E-state index contributed by atoms with van der Waals surface area (Å²) in [5.74, 6) is 0.121. The van der Waals surface area contributed by atoms with Crippen molar-refractivity contribution < 1.29 is 9.72 Å². The number of carbonyl (C=O) groups excluding carboxylic acids is 1. The summed E-state index contributed by atoms with van der Waals surface area (Å²) < 4.78 is 0. The van der Waals surface area contributed by atoms with Gasteiger partial charge >= 0.3 is 0 Å². The molecule has 2 aromatic rings. The summed E-state index contributed by atoms with van der Waals surface area (Å²) in [6, 6.07) is 15.5. The van der Waals surface area contributed by atoms with Gasteiger partial charge in [-0.1, -0.05) is 30.3 Å². The van der Waals surface area contributed by atoms with Gasteiger partial charge in [-0.2, -0.15) is 0 Å². The summed E-state index contributed by atoms with van der Waals surface area (Å²) in [6.07, 6.45) is 2.10. The molecule has 2 aromatic carbocycles. The number of rotatable bonds is 4. The van der Waals surface area contributed by atoms with Gasteiger partial charge in [0.2, 0.25) is 5.91 Å². The van der Waals surface area contributed by atoms with Crippen LogP contribution in [0.2, 0.25) is 0 Å². The Morgan fingerprint density at radius 1 is 1.03 bits per heavy atom. The second kappa shape index (κ2) is 8.11. The number of anilines is 2.